The molecule has 4 nitrogen and oxygen atoms in total. The monoisotopic (exact) mass is 247 g/mol. The Balaban J connectivity index is 2.95. The molecule has 1 unspecified atom stereocenters. The number of carbonyl (C=O) groups is 1. The minimum absolute atomic E-state index is 0.351. The van der Waals surface area contributed by atoms with Gasteiger partial charge in [0, 0.05) is 13.2 Å². The molecule has 0 bridgehead atoms. The van der Waals surface area contributed by atoms with Gasteiger partial charge in [0.1, 0.15) is 11.9 Å². The molecule has 1 amide bonds. The van der Waals surface area contributed by atoms with Crippen molar-refractivity contribution in [3.8, 4) is 0 Å². The summed E-state index contributed by atoms with van der Waals surface area (Å²) >= 11 is 0. The number of hydrogen-bond acceptors (Lipinski definition) is 3. The molecule has 17 heavy (non-hydrogen) atoms. The van der Waals surface area contributed by atoms with Gasteiger partial charge in [0.05, 0.1) is 5.56 Å². The van der Waals surface area contributed by atoms with Crippen LogP contribution in [0, 0.1) is 0 Å². The van der Waals surface area contributed by atoms with Crippen molar-refractivity contribution in [2.45, 2.75) is 19.1 Å². The van der Waals surface area contributed by atoms with Crippen LogP contribution in [0.5, 0.6) is 0 Å². The highest BCUT2D eigenvalue weighted by atomic mass is 19.4. The van der Waals surface area contributed by atoms with Gasteiger partial charge in [-0.1, -0.05) is 0 Å². The number of hydrogen-bond donors (Lipinski definition) is 2. The van der Waals surface area contributed by atoms with E-state index in [1.807, 2.05) is 0 Å². The van der Waals surface area contributed by atoms with Crippen LogP contribution in [0.4, 0.5) is 19.0 Å². The molecule has 0 aliphatic rings. The first kappa shape index (κ1) is 13.3. The largest absolute Gasteiger partial charge is 0.419 e. The molecule has 0 saturated carbocycles. The number of likely N-dealkylation sites (N-methyl/N-ethyl adjacent to an activating group) is 1. The van der Waals surface area contributed by atoms with Crippen LogP contribution in [0.1, 0.15) is 12.5 Å². The SMILES string of the molecule is CNC(=O)C(C)Nc1ncccc1C(F)(F)F. The van der Waals surface area contributed by atoms with Gasteiger partial charge in [-0.15, -0.1) is 0 Å². The highest BCUT2D eigenvalue weighted by Crippen LogP contribution is 2.33. The Bertz CT molecular complexity index is 406. The third kappa shape index (κ3) is 3.33. The first-order valence-corrected chi connectivity index (χ1v) is 4.86. The molecule has 2 N–H and O–H groups in total. The molecule has 1 rings (SSSR count). The van der Waals surface area contributed by atoms with Crippen molar-refractivity contribution in [2.75, 3.05) is 12.4 Å². The van der Waals surface area contributed by atoms with Gasteiger partial charge in [0.2, 0.25) is 5.91 Å². The predicted octanol–water partition coefficient (Wildman–Crippen LogP) is 1.65. The second-order valence-electron chi connectivity index (χ2n) is 3.38. The molecule has 0 saturated heterocycles. The predicted molar refractivity (Wildman–Crippen MR) is 56.4 cm³/mol. The Hall–Kier alpha value is -1.79. The fourth-order valence-electron chi connectivity index (χ4n) is 1.24. The van der Waals surface area contributed by atoms with Gasteiger partial charge in [-0.25, -0.2) is 4.98 Å². The molecule has 0 fully saturated rings. The van der Waals surface area contributed by atoms with E-state index in [2.05, 4.69) is 15.6 Å². The van der Waals surface area contributed by atoms with Crippen LogP contribution in [0.2, 0.25) is 0 Å². The molecule has 0 aliphatic heterocycles. The fraction of sp³-hybridized carbons (Fsp3) is 0.400. The Labute approximate surface area is 96.2 Å². The lowest BCUT2D eigenvalue weighted by molar-refractivity contribution is -0.137. The number of amides is 1. The maximum atomic E-state index is 12.6. The second-order valence-corrected chi connectivity index (χ2v) is 3.38. The molecule has 94 valence electrons. The minimum atomic E-state index is -4.50. The molecule has 1 aromatic heterocycles. The number of pyridine rings is 1. The van der Waals surface area contributed by atoms with Gasteiger partial charge in [0.15, 0.2) is 0 Å². The quantitative estimate of drug-likeness (QED) is 0.853. The number of halogens is 3. The van der Waals surface area contributed by atoms with Crippen LogP contribution in [0.15, 0.2) is 18.3 Å². The molecule has 0 spiro atoms. The third-order valence-corrected chi connectivity index (χ3v) is 2.11. The molecule has 1 aromatic rings. The summed E-state index contributed by atoms with van der Waals surface area (Å²) in [5.41, 5.74) is -0.893. The molecular formula is C10H12F3N3O. The normalized spacial score (nSPS) is 13.0. The Kier molecular flexibility index (Phi) is 3.93. The summed E-state index contributed by atoms with van der Waals surface area (Å²) < 4.78 is 37.8. The first-order chi connectivity index (χ1) is 7.86. The molecule has 1 atom stereocenters. The zero-order chi connectivity index (χ0) is 13.1. The van der Waals surface area contributed by atoms with Gasteiger partial charge >= 0.3 is 6.18 Å². The summed E-state index contributed by atoms with van der Waals surface area (Å²) in [6.45, 7) is 1.45. The van der Waals surface area contributed by atoms with Gasteiger partial charge < -0.3 is 10.6 Å². The minimum Gasteiger partial charge on any atom is -0.358 e. The average molecular weight is 247 g/mol. The average Bonchev–Trinajstić information content (AvgIpc) is 2.27. The fourth-order valence-corrected chi connectivity index (χ4v) is 1.24. The smallest absolute Gasteiger partial charge is 0.358 e. The van der Waals surface area contributed by atoms with Crippen LogP contribution in [-0.2, 0) is 11.0 Å². The van der Waals surface area contributed by atoms with E-state index in [-0.39, 0.29) is 5.82 Å². The van der Waals surface area contributed by atoms with Crippen molar-refractivity contribution in [2.24, 2.45) is 0 Å². The van der Waals surface area contributed by atoms with E-state index in [0.717, 1.165) is 6.07 Å². The molecule has 0 radical (unpaired) electrons. The zero-order valence-electron chi connectivity index (χ0n) is 9.30. The lowest BCUT2D eigenvalue weighted by Gasteiger charge is -2.16. The van der Waals surface area contributed by atoms with Gasteiger partial charge in [-0.3, -0.25) is 4.79 Å². The van der Waals surface area contributed by atoms with E-state index in [9.17, 15) is 18.0 Å². The van der Waals surface area contributed by atoms with Crippen molar-refractivity contribution in [1.29, 1.82) is 0 Å². The van der Waals surface area contributed by atoms with Crippen LogP contribution < -0.4 is 10.6 Å². The Morgan fingerprint density at radius 1 is 1.47 bits per heavy atom. The van der Waals surface area contributed by atoms with E-state index in [4.69, 9.17) is 0 Å². The van der Waals surface area contributed by atoms with Gasteiger partial charge in [0.25, 0.3) is 0 Å². The second kappa shape index (κ2) is 5.03. The number of nitrogens with one attached hydrogen (secondary N) is 2. The van der Waals surface area contributed by atoms with Crippen molar-refractivity contribution in [3.05, 3.63) is 23.9 Å². The summed E-state index contributed by atoms with van der Waals surface area (Å²) in [4.78, 5) is 14.8. The maximum Gasteiger partial charge on any atom is 0.419 e. The van der Waals surface area contributed by atoms with E-state index >= 15 is 0 Å². The number of rotatable bonds is 3. The third-order valence-electron chi connectivity index (χ3n) is 2.11. The molecule has 1 heterocycles. The van der Waals surface area contributed by atoms with Crippen molar-refractivity contribution in [1.82, 2.24) is 10.3 Å². The Morgan fingerprint density at radius 2 is 2.12 bits per heavy atom. The summed E-state index contributed by atoms with van der Waals surface area (Å²) in [6, 6.07) is 1.31. The van der Waals surface area contributed by atoms with Crippen LogP contribution in [-0.4, -0.2) is 24.0 Å². The number of carbonyl (C=O) groups excluding carboxylic acids is 1. The first-order valence-electron chi connectivity index (χ1n) is 4.86. The lowest BCUT2D eigenvalue weighted by Crippen LogP contribution is -2.36. The molecule has 0 aromatic carbocycles. The molecule has 7 heteroatoms. The van der Waals surface area contributed by atoms with Crippen LogP contribution >= 0.6 is 0 Å². The van der Waals surface area contributed by atoms with Gasteiger partial charge in [-0.2, -0.15) is 13.2 Å². The summed E-state index contributed by atoms with van der Waals surface area (Å²) in [5, 5.41) is 4.76. The molecular weight excluding hydrogens is 235 g/mol. The van der Waals surface area contributed by atoms with E-state index < -0.39 is 23.7 Å². The number of nitrogens with zero attached hydrogens (tertiary/aromatic N) is 1. The number of aromatic nitrogens is 1. The summed E-state index contributed by atoms with van der Waals surface area (Å²) in [5.74, 6) is -0.764. The van der Waals surface area contributed by atoms with Crippen molar-refractivity contribution < 1.29 is 18.0 Å². The van der Waals surface area contributed by atoms with E-state index in [1.165, 1.54) is 26.2 Å². The van der Waals surface area contributed by atoms with E-state index in [1.54, 1.807) is 0 Å². The standard InChI is InChI=1S/C10H12F3N3O/c1-6(9(17)14-2)16-8-7(10(11,12)13)4-3-5-15-8/h3-6H,1-2H3,(H,14,17)(H,15,16). The highest BCUT2D eigenvalue weighted by molar-refractivity contribution is 5.83. The zero-order valence-corrected chi connectivity index (χ0v) is 9.30. The number of alkyl halides is 3. The van der Waals surface area contributed by atoms with Crippen molar-refractivity contribution >= 4 is 11.7 Å². The summed E-state index contributed by atoms with van der Waals surface area (Å²) in [7, 11) is 1.41. The Morgan fingerprint density at radius 3 is 2.65 bits per heavy atom. The topological polar surface area (TPSA) is 54.0 Å². The van der Waals surface area contributed by atoms with Crippen molar-refractivity contribution in [3.63, 3.8) is 0 Å². The maximum absolute atomic E-state index is 12.6. The van der Waals surface area contributed by atoms with Gasteiger partial charge in [-0.05, 0) is 19.1 Å². The molecule has 0 aliphatic carbocycles. The highest BCUT2D eigenvalue weighted by Gasteiger charge is 2.34. The lowest BCUT2D eigenvalue weighted by atomic mass is 10.2. The van der Waals surface area contributed by atoms with Crippen LogP contribution in [0.25, 0.3) is 0 Å². The van der Waals surface area contributed by atoms with Crippen LogP contribution in [0.3, 0.4) is 0 Å². The number of anilines is 1. The summed E-state index contributed by atoms with van der Waals surface area (Å²) in [6.07, 6.45) is -3.27. The van der Waals surface area contributed by atoms with E-state index in [0.29, 0.717) is 0 Å².